The number of piperidine rings is 1. The van der Waals surface area contributed by atoms with Gasteiger partial charge in [0.1, 0.15) is 16.6 Å². The van der Waals surface area contributed by atoms with Gasteiger partial charge in [-0.3, -0.25) is 4.68 Å². The van der Waals surface area contributed by atoms with Crippen molar-refractivity contribution in [3.8, 4) is 5.75 Å². The number of nitrogens with one attached hydrogen (secondary N) is 3. The van der Waals surface area contributed by atoms with E-state index in [0.717, 1.165) is 51.6 Å². The van der Waals surface area contributed by atoms with Crippen LogP contribution in [0.1, 0.15) is 69.9 Å². The lowest BCUT2D eigenvalue weighted by Crippen LogP contribution is -2.27. The van der Waals surface area contributed by atoms with Gasteiger partial charge in [-0.05, 0) is 83.0 Å². The Bertz CT molecular complexity index is 1520. The molecule has 0 radical (unpaired) electrons. The molecule has 3 aromatic rings. The fraction of sp³-hybridized carbons (Fsp3) is 0.519. The largest absolute Gasteiger partial charge is 0.488 e. The second-order valence-corrected chi connectivity index (χ2v) is 13.8. The standard InChI is InChI=1S/C27H33ClFN7O3S/c1-15(2)40(37,38)26-23(14-36(35-26)17-3-4-17)32-25-20(28)13-31-27(34-25)33-22-12-21(29)19(16-7-9-30-10-8-16)11-24(22)39-18-5-6-18/h11-18,30H,3-10H2,1-2H3,(H2,31,32,33,34). The van der Waals surface area contributed by atoms with E-state index in [4.69, 9.17) is 16.3 Å². The SMILES string of the molecule is CC(C)S(=O)(=O)c1nn(C2CC2)cc1Nc1nc(Nc2cc(F)c(C3CCNCC3)cc2OC2CC2)ncc1Cl. The Hall–Kier alpha value is -2.96. The Labute approximate surface area is 238 Å². The van der Waals surface area contributed by atoms with Crippen LogP contribution in [0.4, 0.5) is 27.5 Å². The van der Waals surface area contributed by atoms with Gasteiger partial charge in [0, 0.05) is 6.07 Å². The quantitative estimate of drug-likeness (QED) is 0.282. The number of nitrogens with zero attached hydrogens (tertiary/aromatic N) is 4. The molecule has 0 bridgehead atoms. The molecule has 2 aromatic heterocycles. The van der Waals surface area contributed by atoms with Crippen LogP contribution in [-0.2, 0) is 9.84 Å². The first-order valence-electron chi connectivity index (χ1n) is 13.8. The van der Waals surface area contributed by atoms with E-state index in [1.807, 2.05) is 0 Å². The van der Waals surface area contributed by atoms with Gasteiger partial charge < -0.3 is 20.7 Å². The third-order valence-corrected chi connectivity index (χ3v) is 9.81. The molecule has 1 aliphatic heterocycles. The van der Waals surface area contributed by atoms with E-state index in [1.165, 1.54) is 12.3 Å². The highest BCUT2D eigenvalue weighted by Gasteiger charge is 2.32. The molecule has 0 atom stereocenters. The molecule has 1 saturated heterocycles. The summed E-state index contributed by atoms with van der Waals surface area (Å²) < 4.78 is 49.3. The highest BCUT2D eigenvalue weighted by Crippen LogP contribution is 2.40. The summed E-state index contributed by atoms with van der Waals surface area (Å²) >= 11 is 6.42. The van der Waals surface area contributed by atoms with Crippen LogP contribution in [0.3, 0.4) is 0 Å². The topological polar surface area (TPSA) is 123 Å². The Kier molecular flexibility index (Phi) is 7.34. The molecule has 0 amide bonds. The van der Waals surface area contributed by atoms with Crippen LogP contribution >= 0.6 is 11.6 Å². The summed E-state index contributed by atoms with van der Waals surface area (Å²) in [7, 11) is -3.67. The zero-order chi connectivity index (χ0) is 28.0. The summed E-state index contributed by atoms with van der Waals surface area (Å²) in [6.45, 7) is 4.95. The van der Waals surface area contributed by atoms with Gasteiger partial charge in [-0.25, -0.2) is 17.8 Å². The van der Waals surface area contributed by atoms with Crippen molar-refractivity contribution in [1.82, 2.24) is 25.1 Å². The Morgan fingerprint density at radius 3 is 2.52 bits per heavy atom. The maximum absolute atomic E-state index is 15.3. The third-order valence-electron chi connectivity index (χ3n) is 7.45. The van der Waals surface area contributed by atoms with Gasteiger partial charge in [-0.1, -0.05) is 11.6 Å². The summed E-state index contributed by atoms with van der Waals surface area (Å²) in [5, 5.41) is 13.3. The van der Waals surface area contributed by atoms with Crippen molar-refractivity contribution < 1.29 is 17.5 Å². The minimum atomic E-state index is -3.67. The first-order chi connectivity index (χ1) is 19.2. The third kappa shape index (κ3) is 5.75. The average molecular weight is 590 g/mol. The van der Waals surface area contributed by atoms with Crippen molar-refractivity contribution in [3.05, 3.63) is 40.9 Å². The Morgan fingerprint density at radius 1 is 1.10 bits per heavy atom. The minimum Gasteiger partial charge on any atom is -0.488 e. The Morgan fingerprint density at radius 2 is 1.85 bits per heavy atom. The van der Waals surface area contributed by atoms with Crippen LogP contribution in [0.15, 0.2) is 29.6 Å². The monoisotopic (exact) mass is 589 g/mol. The average Bonchev–Trinajstić information content (AvgIpc) is 3.87. The molecule has 3 heterocycles. The molecule has 2 saturated carbocycles. The fourth-order valence-electron chi connectivity index (χ4n) is 4.76. The van der Waals surface area contributed by atoms with E-state index in [-0.39, 0.29) is 45.7 Å². The van der Waals surface area contributed by atoms with Crippen LogP contribution in [0, 0.1) is 5.82 Å². The van der Waals surface area contributed by atoms with E-state index >= 15 is 4.39 Å². The highest BCUT2D eigenvalue weighted by molar-refractivity contribution is 7.92. The molecule has 2 aliphatic carbocycles. The van der Waals surface area contributed by atoms with Crippen LogP contribution in [0.25, 0.3) is 0 Å². The molecule has 13 heteroatoms. The molecule has 3 N–H and O–H groups in total. The van der Waals surface area contributed by atoms with Crippen molar-refractivity contribution in [2.75, 3.05) is 23.7 Å². The van der Waals surface area contributed by atoms with Gasteiger partial charge in [0.05, 0.1) is 41.2 Å². The first kappa shape index (κ1) is 27.2. The number of rotatable bonds is 10. The minimum absolute atomic E-state index is 0.0470. The molecule has 3 aliphatic rings. The molecule has 6 rings (SSSR count). The molecule has 40 heavy (non-hydrogen) atoms. The lowest BCUT2D eigenvalue weighted by Gasteiger charge is -2.24. The molecule has 0 unspecified atom stereocenters. The summed E-state index contributed by atoms with van der Waals surface area (Å²) in [6, 6.07) is 3.42. The van der Waals surface area contributed by atoms with Gasteiger partial charge in [0.15, 0.2) is 5.82 Å². The summed E-state index contributed by atoms with van der Waals surface area (Å²) in [5.41, 5.74) is 1.37. The van der Waals surface area contributed by atoms with Crippen molar-refractivity contribution in [2.24, 2.45) is 0 Å². The van der Waals surface area contributed by atoms with Crippen molar-refractivity contribution in [1.29, 1.82) is 0 Å². The second kappa shape index (κ2) is 10.8. The lowest BCUT2D eigenvalue weighted by molar-refractivity contribution is 0.303. The van der Waals surface area contributed by atoms with Gasteiger partial charge in [0.25, 0.3) is 0 Å². The molecule has 3 fully saturated rings. The maximum atomic E-state index is 15.3. The molecular formula is C27H33ClFN7O3S. The van der Waals surface area contributed by atoms with E-state index < -0.39 is 15.1 Å². The predicted molar refractivity (Wildman–Crippen MR) is 151 cm³/mol. The number of halogens is 2. The predicted octanol–water partition coefficient (Wildman–Crippen LogP) is 5.48. The van der Waals surface area contributed by atoms with Crippen molar-refractivity contribution in [2.45, 2.75) is 80.7 Å². The van der Waals surface area contributed by atoms with E-state index in [1.54, 1.807) is 30.8 Å². The first-order valence-corrected chi connectivity index (χ1v) is 15.7. The van der Waals surface area contributed by atoms with Crippen LogP contribution in [0.2, 0.25) is 5.02 Å². The number of sulfone groups is 1. The van der Waals surface area contributed by atoms with Gasteiger partial charge in [-0.2, -0.15) is 10.1 Å². The summed E-state index contributed by atoms with van der Waals surface area (Å²) in [4.78, 5) is 8.77. The van der Waals surface area contributed by atoms with E-state index in [9.17, 15) is 8.42 Å². The normalized spacial score (nSPS) is 18.2. The van der Waals surface area contributed by atoms with Gasteiger partial charge >= 0.3 is 0 Å². The molecule has 10 nitrogen and oxygen atoms in total. The highest BCUT2D eigenvalue weighted by atomic mass is 35.5. The molecular weight excluding hydrogens is 557 g/mol. The summed E-state index contributed by atoms with van der Waals surface area (Å²) in [5.74, 6) is 0.741. The number of aromatic nitrogens is 4. The van der Waals surface area contributed by atoms with Crippen LogP contribution in [0.5, 0.6) is 5.75 Å². The summed E-state index contributed by atoms with van der Waals surface area (Å²) in [6.07, 6.45) is 8.74. The number of hydrogen-bond donors (Lipinski definition) is 3. The zero-order valence-corrected chi connectivity index (χ0v) is 24.0. The number of benzene rings is 1. The lowest BCUT2D eigenvalue weighted by atomic mass is 9.89. The molecule has 214 valence electrons. The molecule has 0 spiro atoms. The van der Waals surface area contributed by atoms with E-state index in [0.29, 0.717) is 22.7 Å². The number of ether oxygens (including phenoxy) is 1. The van der Waals surface area contributed by atoms with Gasteiger partial charge in [-0.15, -0.1) is 0 Å². The van der Waals surface area contributed by atoms with Crippen LogP contribution in [-0.4, -0.2) is 52.6 Å². The number of anilines is 4. The van der Waals surface area contributed by atoms with E-state index in [2.05, 4.69) is 31.0 Å². The number of hydrogen-bond acceptors (Lipinski definition) is 9. The van der Waals surface area contributed by atoms with Crippen molar-refractivity contribution >= 4 is 44.6 Å². The van der Waals surface area contributed by atoms with Crippen molar-refractivity contribution in [3.63, 3.8) is 0 Å². The Balaban J connectivity index is 1.30. The van der Waals surface area contributed by atoms with Crippen LogP contribution < -0.4 is 20.7 Å². The molecule has 1 aromatic carbocycles. The smallest absolute Gasteiger partial charge is 0.229 e. The van der Waals surface area contributed by atoms with Gasteiger partial charge in [0.2, 0.25) is 20.8 Å². The fourth-order valence-corrected chi connectivity index (χ4v) is 5.96. The zero-order valence-electron chi connectivity index (χ0n) is 22.5. The second-order valence-electron chi connectivity index (χ2n) is 11.0. The maximum Gasteiger partial charge on any atom is 0.229 e.